The lowest BCUT2D eigenvalue weighted by Gasteiger charge is -2.18. The van der Waals surface area contributed by atoms with E-state index in [1.54, 1.807) is 0 Å². The van der Waals surface area contributed by atoms with Crippen molar-refractivity contribution in [3.63, 3.8) is 0 Å². The number of rotatable bonds is 49. The summed E-state index contributed by atoms with van der Waals surface area (Å²) in [6.45, 7) is 6.33. The Morgan fingerprint density at radius 2 is 0.638 bits per heavy atom. The van der Waals surface area contributed by atoms with Crippen LogP contribution in [0.1, 0.15) is 239 Å². The van der Waals surface area contributed by atoms with Crippen LogP contribution in [0.15, 0.2) is 122 Å². The zero-order chi connectivity index (χ0) is 50.0. The summed E-state index contributed by atoms with van der Waals surface area (Å²) in [6, 6.07) is 0. The van der Waals surface area contributed by atoms with Crippen molar-refractivity contribution in [2.75, 3.05) is 13.2 Å². The monoisotopic (exact) mass is 955 g/mol. The summed E-state index contributed by atoms with van der Waals surface area (Å²) < 4.78 is 16.8. The molecule has 6 heteroatoms. The largest absolute Gasteiger partial charge is 0.462 e. The minimum atomic E-state index is -0.809. The van der Waals surface area contributed by atoms with Gasteiger partial charge in [-0.05, 0) is 89.9 Å². The highest BCUT2D eigenvalue weighted by Crippen LogP contribution is 2.14. The number of carbonyl (C=O) groups is 3. The number of unbranched alkanes of at least 4 members (excludes halogenated alkanes) is 24. The maximum atomic E-state index is 12.9. The summed E-state index contributed by atoms with van der Waals surface area (Å²) in [5.41, 5.74) is 0. The van der Waals surface area contributed by atoms with E-state index in [0.29, 0.717) is 19.3 Å². The van der Waals surface area contributed by atoms with E-state index in [1.165, 1.54) is 96.3 Å². The van der Waals surface area contributed by atoms with Gasteiger partial charge in [-0.25, -0.2) is 0 Å². The predicted octanol–water partition coefficient (Wildman–Crippen LogP) is 18.9. The molecular weight excluding hydrogens is 853 g/mol. The van der Waals surface area contributed by atoms with Crippen LogP contribution in [0, 0.1) is 0 Å². The smallest absolute Gasteiger partial charge is 0.306 e. The van der Waals surface area contributed by atoms with Crippen molar-refractivity contribution in [1.82, 2.24) is 0 Å². The molecule has 6 nitrogen and oxygen atoms in total. The van der Waals surface area contributed by atoms with E-state index in [2.05, 4.69) is 69.4 Å². The van der Waals surface area contributed by atoms with Crippen molar-refractivity contribution in [1.29, 1.82) is 0 Å². The molecule has 0 fully saturated rings. The maximum absolute atomic E-state index is 12.9. The lowest BCUT2D eigenvalue weighted by molar-refractivity contribution is -0.167. The molecule has 0 aromatic rings. The number of ether oxygens (including phenoxy) is 3. The van der Waals surface area contributed by atoms with Gasteiger partial charge in [-0.1, -0.05) is 251 Å². The average Bonchev–Trinajstić information content (AvgIpc) is 3.35. The molecule has 0 saturated heterocycles. The molecule has 0 spiro atoms. The predicted molar refractivity (Wildman–Crippen MR) is 297 cm³/mol. The van der Waals surface area contributed by atoms with Crippen LogP contribution in [0.3, 0.4) is 0 Å². The van der Waals surface area contributed by atoms with E-state index >= 15 is 0 Å². The van der Waals surface area contributed by atoms with Crippen molar-refractivity contribution in [2.24, 2.45) is 0 Å². The maximum Gasteiger partial charge on any atom is 0.306 e. The highest BCUT2D eigenvalue weighted by molar-refractivity contribution is 5.71. The van der Waals surface area contributed by atoms with Crippen LogP contribution in [0.25, 0.3) is 0 Å². The molecule has 0 N–H and O–H groups in total. The quantitative estimate of drug-likeness (QED) is 0.0199. The molecule has 0 aromatic heterocycles. The first-order valence-electron chi connectivity index (χ1n) is 28.1. The lowest BCUT2D eigenvalue weighted by Crippen LogP contribution is -2.30. The Morgan fingerprint density at radius 3 is 1.07 bits per heavy atom. The zero-order valence-corrected chi connectivity index (χ0v) is 44.5. The molecule has 0 aliphatic carbocycles. The second-order valence-electron chi connectivity index (χ2n) is 18.3. The van der Waals surface area contributed by atoms with Crippen LogP contribution in [0.2, 0.25) is 0 Å². The van der Waals surface area contributed by atoms with Gasteiger partial charge >= 0.3 is 17.9 Å². The average molecular weight is 956 g/mol. The highest BCUT2D eigenvalue weighted by Gasteiger charge is 2.19. The molecule has 69 heavy (non-hydrogen) atoms. The summed E-state index contributed by atoms with van der Waals surface area (Å²) in [4.78, 5) is 38.1. The molecule has 0 aromatic carbocycles. The van der Waals surface area contributed by atoms with E-state index in [-0.39, 0.29) is 31.1 Å². The molecule has 0 amide bonds. The Bertz CT molecular complexity index is 1470. The lowest BCUT2D eigenvalue weighted by atomic mass is 10.1. The third-order valence-electron chi connectivity index (χ3n) is 11.6. The second kappa shape index (κ2) is 56.4. The fourth-order valence-corrected chi connectivity index (χ4v) is 7.46. The molecule has 0 rings (SSSR count). The molecule has 0 aliphatic rings. The summed E-state index contributed by atoms with van der Waals surface area (Å²) >= 11 is 0. The van der Waals surface area contributed by atoms with Gasteiger partial charge in [0.1, 0.15) is 13.2 Å². The SMILES string of the molecule is CC\C=C/C=C\C=C/C=C\C=C\C=C/C=C\CCCCCC(=O)OCC(COC(=O)CCCCCCCCC/C=C\C/C=C\CC)OC(=O)CCCCCCC/C=C\CCCCCCCCCCC. The fourth-order valence-electron chi connectivity index (χ4n) is 7.46. The third kappa shape index (κ3) is 54.6. The number of carbonyl (C=O) groups excluding carboxylic acids is 3. The van der Waals surface area contributed by atoms with E-state index in [4.69, 9.17) is 14.2 Å². The van der Waals surface area contributed by atoms with E-state index in [9.17, 15) is 14.4 Å². The summed E-state index contributed by atoms with van der Waals surface area (Å²) in [6.07, 6.45) is 77.5. The molecule has 0 aliphatic heterocycles. The van der Waals surface area contributed by atoms with E-state index in [0.717, 1.165) is 103 Å². The van der Waals surface area contributed by atoms with Crippen LogP contribution in [0.4, 0.5) is 0 Å². The number of esters is 3. The van der Waals surface area contributed by atoms with Gasteiger partial charge in [-0.15, -0.1) is 0 Å². The first-order chi connectivity index (χ1) is 34.0. The van der Waals surface area contributed by atoms with Gasteiger partial charge in [0.15, 0.2) is 6.10 Å². The van der Waals surface area contributed by atoms with Gasteiger partial charge < -0.3 is 14.2 Å². The van der Waals surface area contributed by atoms with Crippen LogP contribution in [0.5, 0.6) is 0 Å². The van der Waals surface area contributed by atoms with E-state index < -0.39 is 6.10 Å². The molecule has 0 bridgehead atoms. The second-order valence-corrected chi connectivity index (χ2v) is 18.3. The third-order valence-corrected chi connectivity index (χ3v) is 11.6. The molecule has 1 unspecified atom stereocenters. The summed E-state index contributed by atoms with van der Waals surface area (Å²) in [5, 5.41) is 0. The van der Waals surface area contributed by atoms with Crippen molar-refractivity contribution in [3.05, 3.63) is 122 Å². The molecule has 0 saturated carbocycles. The van der Waals surface area contributed by atoms with Crippen LogP contribution < -0.4 is 0 Å². The Labute approximate surface area is 424 Å². The summed E-state index contributed by atoms with van der Waals surface area (Å²) in [5.74, 6) is -0.968. The van der Waals surface area contributed by atoms with Crippen molar-refractivity contribution in [2.45, 2.75) is 245 Å². The van der Waals surface area contributed by atoms with Crippen molar-refractivity contribution >= 4 is 17.9 Å². The van der Waals surface area contributed by atoms with Gasteiger partial charge in [0.25, 0.3) is 0 Å². The fraction of sp³-hybridized carbons (Fsp3) is 0.635. The van der Waals surface area contributed by atoms with Gasteiger partial charge in [0, 0.05) is 19.3 Å². The highest BCUT2D eigenvalue weighted by atomic mass is 16.6. The molecular formula is C63H102O6. The van der Waals surface area contributed by atoms with E-state index in [1.807, 2.05) is 72.9 Å². The van der Waals surface area contributed by atoms with Crippen LogP contribution in [-0.4, -0.2) is 37.2 Å². The summed E-state index contributed by atoms with van der Waals surface area (Å²) in [7, 11) is 0. The van der Waals surface area contributed by atoms with Crippen molar-refractivity contribution < 1.29 is 28.6 Å². The standard InChI is InChI=1S/C63H102O6/c1-4-7-10-13-16-19-22-25-28-30-32-34-35-38-41-44-47-50-53-56-62(65)68-59-60(58-67-61(64)55-52-49-46-43-40-37-27-24-21-18-15-12-9-6-3)69-63(66)57-54-51-48-45-42-39-36-33-31-29-26-23-20-17-14-11-8-5-2/h7,9-10,12-13,16,18-19,21-22,25,28,30,32-36,38,41,60H,4-6,8,11,14-15,17,20,23-24,26-27,29,31,37,39-40,42-59H2,1-3H3/b10-7-,12-9-,16-13-,21-18-,22-19-,28-25-,32-30+,35-34-,36-33-,41-38-. The van der Waals surface area contributed by atoms with Gasteiger partial charge in [0.2, 0.25) is 0 Å². The molecule has 1 atom stereocenters. The Morgan fingerprint density at radius 1 is 0.319 bits per heavy atom. The first kappa shape index (κ1) is 64.8. The van der Waals surface area contributed by atoms with Gasteiger partial charge in [0.05, 0.1) is 0 Å². The minimum Gasteiger partial charge on any atom is -0.462 e. The topological polar surface area (TPSA) is 78.9 Å². The Balaban J connectivity index is 4.52. The molecule has 0 radical (unpaired) electrons. The minimum absolute atomic E-state index is 0.103. The Kier molecular flexibility index (Phi) is 53.0. The van der Waals surface area contributed by atoms with Gasteiger partial charge in [-0.2, -0.15) is 0 Å². The number of hydrogen-bond acceptors (Lipinski definition) is 6. The molecule has 390 valence electrons. The number of hydrogen-bond donors (Lipinski definition) is 0. The van der Waals surface area contributed by atoms with Crippen LogP contribution >= 0.6 is 0 Å². The zero-order valence-electron chi connectivity index (χ0n) is 44.5. The normalized spacial score (nSPS) is 13.0. The van der Waals surface area contributed by atoms with Crippen LogP contribution in [-0.2, 0) is 28.6 Å². The van der Waals surface area contributed by atoms with Crippen molar-refractivity contribution in [3.8, 4) is 0 Å². The van der Waals surface area contributed by atoms with Gasteiger partial charge in [-0.3, -0.25) is 14.4 Å². The molecule has 0 heterocycles. The first-order valence-corrected chi connectivity index (χ1v) is 28.1. The number of allylic oxidation sites excluding steroid dienone is 20. The Hall–Kier alpha value is -4.19.